The van der Waals surface area contributed by atoms with Crippen molar-refractivity contribution in [2.75, 3.05) is 13.7 Å². The smallest absolute Gasteiger partial charge is 0.132 e. The van der Waals surface area contributed by atoms with Crippen LogP contribution < -0.4 is 0 Å². The topological polar surface area (TPSA) is 26.3 Å². The lowest BCUT2D eigenvalue weighted by molar-refractivity contribution is -0.119. The van der Waals surface area contributed by atoms with Gasteiger partial charge in [-0.15, -0.1) is 0 Å². The molecule has 0 saturated carbocycles. The van der Waals surface area contributed by atoms with Gasteiger partial charge in [-0.1, -0.05) is 13.8 Å². The second-order valence-corrected chi connectivity index (χ2v) is 2.66. The molecule has 0 aromatic carbocycles. The monoisotopic (exact) mass is 144 g/mol. The van der Waals surface area contributed by atoms with Crippen LogP contribution in [0.4, 0.5) is 0 Å². The Balaban J connectivity index is 3.37. The van der Waals surface area contributed by atoms with E-state index in [0.717, 1.165) is 0 Å². The number of ketones is 1. The molecule has 0 amide bonds. The van der Waals surface area contributed by atoms with Gasteiger partial charge in [-0.3, -0.25) is 4.79 Å². The number of methoxy groups -OCH3 is 1. The maximum atomic E-state index is 10.8. The number of rotatable bonds is 5. The Bertz CT molecular complexity index is 99.4. The van der Waals surface area contributed by atoms with Gasteiger partial charge in [0.25, 0.3) is 0 Å². The van der Waals surface area contributed by atoms with Crippen LogP contribution in [0.3, 0.4) is 0 Å². The first-order valence-corrected chi connectivity index (χ1v) is 3.71. The van der Waals surface area contributed by atoms with Crippen molar-refractivity contribution in [3.63, 3.8) is 0 Å². The molecule has 0 aromatic heterocycles. The number of carbonyl (C=O) groups is 1. The number of Topliss-reactive ketones (excluding diaryl/α,β-unsaturated/α-hetero) is 1. The van der Waals surface area contributed by atoms with Crippen LogP contribution in [0.1, 0.15) is 26.7 Å². The predicted octanol–water partition coefficient (Wildman–Crippen LogP) is 1.64. The second kappa shape index (κ2) is 5.42. The molecule has 0 aromatic rings. The molecule has 0 fully saturated rings. The van der Waals surface area contributed by atoms with E-state index in [1.54, 1.807) is 7.11 Å². The number of hydrogen-bond acceptors (Lipinski definition) is 2. The van der Waals surface area contributed by atoms with Gasteiger partial charge >= 0.3 is 0 Å². The molecule has 0 aliphatic carbocycles. The van der Waals surface area contributed by atoms with Crippen LogP contribution in [0.25, 0.3) is 0 Å². The Kier molecular flexibility index (Phi) is 5.22. The zero-order chi connectivity index (χ0) is 7.98. The third-order valence-corrected chi connectivity index (χ3v) is 1.42. The molecular formula is C8H16O2. The molecular weight excluding hydrogens is 128 g/mol. The SMILES string of the molecule is CCC(=O)CC(C)COC. The van der Waals surface area contributed by atoms with Crippen LogP contribution in [0.15, 0.2) is 0 Å². The molecule has 10 heavy (non-hydrogen) atoms. The zero-order valence-electron chi connectivity index (χ0n) is 7.02. The average molecular weight is 144 g/mol. The van der Waals surface area contributed by atoms with Crippen LogP contribution in [-0.4, -0.2) is 19.5 Å². The van der Waals surface area contributed by atoms with Crippen molar-refractivity contribution < 1.29 is 9.53 Å². The summed E-state index contributed by atoms with van der Waals surface area (Å²) in [4.78, 5) is 10.8. The zero-order valence-corrected chi connectivity index (χ0v) is 7.02. The fraction of sp³-hybridized carbons (Fsp3) is 0.875. The average Bonchev–Trinajstić information content (AvgIpc) is 1.88. The second-order valence-electron chi connectivity index (χ2n) is 2.66. The highest BCUT2D eigenvalue weighted by molar-refractivity contribution is 5.78. The lowest BCUT2D eigenvalue weighted by Crippen LogP contribution is -2.09. The van der Waals surface area contributed by atoms with Crippen molar-refractivity contribution >= 4 is 5.78 Å². The van der Waals surface area contributed by atoms with E-state index in [4.69, 9.17) is 4.74 Å². The maximum absolute atomic E-state index is 10.8. The standard InChI is InChI=1S/C8H16O2/c1-4-8(9)5-7(2)6-10-3/h7H,4-6H2,1-3H3. The molecule has 0 radical (unpaired) electrons. The van der Waals surface area contributed by atoms with Crippen molar-refractivity contribution in [2.24, 2.45) is 5.92 Å². The highest BCUT2D eigenvalue weighted by Gasteiger charge is 2.05. The summed E-state index contributed by atoms with van der Waals surface area (Å²) < 4.78 is 4.90. The van der Waals surface area contributed by atoms with Gasteiger partial charge < -0.3 is 4.74 Å². The summed E-state index contributed by atoms with van der Waals surface area (Å²) >= 11 is 0. The van der Waals surface area contributed by atoms with Crippen molar-refractivity contribution in [3.8, 4) is 0 Å². The molecule has 0 heterocycles. The van der Waals surface area contributed by atoms with Gasteiger partial charge in [0.05, 0.1) is 0 Å². The van der Waals surface area contributed by atoms with E-state index in [2.05, 4.69) is 0 Å². The molecule has 2 nitrogen and oxygen atoms in total. The van der Waals surface area contributed by atoms with E-state index in [1.807, 2.05) is 13.8 Å². The Labute approximate surface area is 62.6 Å². The predicted molar refractivity (Wildman–Crippen MR) is 41.0 cm³/mol. The summed E-state index contributed by atoms with van der Waals surface area (Å²) in [6.07, 6.45) is 1.30. The summed E-state index contributed by atoms with van der Waals surface area (Å²) in [5.74, 6) is 0.696. The highest BCUT2D eigenvalue weighted by Crippen LogP contribution is 2.03. The van der Waals surface area contributed by atoms with Crippen LogP contribution in [0.2, 0.25) is 0 Å². The molecule has 0 N–H and O–H groups in total. The van der Waals surface area contributed by atoms with Gasteiger partial charge in [-0.2, -0.15) is 0 Å². The summed E-state index contributed by atoms with van der Waals surface area (Å²) in [6.45, 7) is 4.60. The van der Waals surface area contributed by atoms with Crippen molar-refractivity contribution in [3.05, 3.63) is 0 Å². The Morgan fingerprint density at radius 1 is 1.60 bits per heavy atom. The normalized spacial score (nSPS) is 13.1. The molecule has 0 rings (SSSR count). The minimum Gasteiger partial charge on any atom is -0.384 e. The summed E-state index contributed by atoms with van der Waals surface area (Å²) in [5.41, 5.74) is 0. The maximum Gasteiger partial charge on any atom is 0.132 e. The van der Waals surface area contributed by atoms with Crippen LogP contribution in [0.5, 0.6) is 0 Å². The Morgan fingerprint density at radius 2 is 2.20 bits per heavy atom. The molecule has 60 valence electrons. The summed E-state index contributed by atoms with van der Waals surface area (Å²) in [7, 11) is 1.66. The van der Waals surface area contributed by atoms with E-state index < -0.39 is 0 Å². The lowest BCUT2D eigenvalue weighted by atomic mass is 10.0. The number of hydrogen-bond donors (Lipinski definition) is 0. The molecule has 0 aliphatic rings. The molecule has 0 saturated heterocycles. The van der Waals surface area contributed by atoms with Gasteiger partial charge in [0, 0.05) is 26.6 Å². The third-order valence-electron chi connectivity index (χ3n) is 1.42. The molecule has 1 atom stereocenters. The van der Waals surface area contributed by atoms with Gasteiger partial charge in [0.2, 0.25) is 0 Å². The molecule has 1 unspecified atom stereocenters. The van der Waals surface area contributed by atoms with Gasteiger partial charge in [-0.05, 0) is 5.92 Å². The first kappa shape index (κ1) is 9.63. The third kappa shape index (κ3) is 4.50. The lowest BCUT2D eigenvalue weighted by Gasteiger charge is -2.06. The van der Waals surface area contributed by atoms with Crippen LogP contribution in [-0.2, 0) is 9.53 Å². The first-order valence-electron chi connectivity index (χ1n) is 3.71. The van der Waals surface area contributed by atoms with Gasteiger partial charge in [0.15, 0.2) is 0 Å². The Hall–Kier alpha value is -0.370. The fourth-order valence-electron chi connectivity index (χ4n) is 0.876. The first-order chi connectivity index (χ1) is 4.70. The molecule has 0 aliphatic heterocycles. The van der Waals surface area contributed by atoms with Crippen LogP contribution >= 0.6 is 0 Å². The van der Waals surface area contributed by atoms with Crippen molar-refractivity contribution in [1.29, 1.82) is 0 Å². The Morgan fingerprint density at radius 3 is 2.60 bits per heavy atom. The van der Waals surface area contributed by atoms with E-state index in [9.17, 15) is 4.79 Å². The van der Waals surface area contributed by atoms with Gasteiger partial charge in [0.1, 0.15) is 5.78 Å². The molecule has 0 bridgehead atoms. The number of carbonyl (C=O) groups excluding carboxylic acids is 1. The summed E-state index contributed by atoms with van der Waals surface area (Å²) in [6, 6.07) is 0. The quantitative estimate of drug-likeness (QED) is 0.586. The van der Waals surface area contributed by atoms with Crippen molar-refractivity contribution in [1.82, 2.24) is 0 Å². The highest BCUT2D eigenvalue weighted by atomic mass is 16.5. The van der Waals surface area contributed by atoms with E-state index in [0.29, 0.717) is 31.1 Å². The van der Waals surface area contributed by atoms with E-state index >= 15 is 0 Å². The summed E-state index contributed by atoms with van der Waals surface area (Å²) in [5, 5.41) is 0. The minimum absolute atomic E-state index is 0.324. The fourth-order valence-corrected chi connectivity index (χ4v) is 0.876. The molecule has 0 spiro atoms. The van der Waals surface area contributed by atoms with E-state index in [-0.39, 0.29) is 0 Å². The number of ether oxygens (including phenoxy) is 1. The minimum atomic E-state index is 0.324. The molecule has 2 heteroatoms. The van der Waals surface area contributed by atoms with Crippen molar-refractivity contribution in [2.45, 2.75) is 26.7 Å². The van der Waals surface area contributed by atoms with Gasteiger partial charge in [-0.25, -0.2) is 0 Å². The van der Waals surface area contributed by atoms with E-state index in [1.165, 1.54) is 0 Å². The van der Waals surface area contributed by atoms with Crippen LogP contribution in [0, 0.1) is 5.92 Å². The largest absolute Gasteiger partial charge is 0.384 e.